The average molecular weight is 286 g/mol. The number of ether oxygens (including phenoxy) is 1. The first-order chi connectivity index (χ1) is 8.94. The molecule has 2 aliphatic rings. The van der Waals surface area contributed by atoms with Gasteiger partial charge in [0.05, 0.1) is 5.54 Å². The number of aromatic amines is 1. The summed E-state index contributed by atoms with van der Waals surface area (Å²) in [6.45, 7) is 1.36. The molecule has 5 N–H and O–H groups in total. The van der Waals surface area contributed by atoms with Crippen molar-refractivity contribution >= 4 is 15.9 Å². The quantitative estimate of drug-likeness (QED) is 0.500. The summed E-state index contributed by atoms with van der Waals surface area (Å²) in [5.41, 5.74) is 4.50. The molecule has 0 aromatic carbocycles. The van der Waals surface area contributed by atoms with Gasteiger partial charge in [0.2, 0.25) is 10.0 Å². The van der Waals surface area contributed by atoms with Crippen molar-refractivity contribution in [3.05, 3.63) is 11.9 Å². The van der Waals surface area contributed by atoms with Gasteiger partial charge in [-0.25, -0.2) is 13.1 Å². The zero-order valence-corrected chi connectivity index (χ0v) is 10.8. The SMILES string of the molecule is NC(=O)c1[nH]cc2c1OCC1(CCNC1)NS2(=O)=O. The van der Waals surface area contributed by atoms with E-state index in [1.807, 2.05) is 0 Å². The third-order valence-electron chi connectivity index (χ3n) is 3.42. The third-order valence-corrected chi connectivity index (χ3v) is 5.01. The molecule has 8 nitrogen and oxygen atoms in total. The topological polar surface area (TPSA) is 126 Å². The van der Waals surface area contributed by atoms with E-state index >= 15 is 0 Å². The second-order valence-corrected chi connectivity index (χ2v) is 6.47. The predicted molar refractivity (Wildman–Crippen MR) is 65.3 cm³/mol. The van der Waals surface area contributed by atoms with Gasteiger partial charge in [-0.3, -0.25) is 4.79 Å². The summed E-state index contributed by atoms with van der Waals surface area (Å²) < 4.78 is 32.8. The number of fused-ring (bicyclic) bond motifs is 1. The van der Waals surface area contributed by atoms with E-state index in [1.54, 1.807) is 0 Å². The van der Waals surface area contributed by atoms with Crippen LogP contribution in [0.1, 0.15) is 16.9 Å². The first-order valence-corrected chi connectivity index (χ1v) is 7.31. The Kier molecular flexibility index (Phi) is 2.59. The first kappa shape index (κ1) is 12.5. The summed E-state index contributed by atoms with van der Waals surface area (Å²) in [5.74, 6) is -0.749. The molecule has 0 saturated carbocycles. The zero-order valence-electron chi connectivity index (χ0n) is 10.0. The number of nitrogens with one attached hydrogen (secondary N) is 3. The molecule has 1 spiro atoms. The Bertz CT molecular complexity index is 630. The summed E-state index contributed by atoms with van der Waals surface area (Å²) in [5, 5.41) is 3.10. The fourth-order valence-electron chi connectivity index (χ4n) is 2.45. The number of H-pyrrole nitrogens is 1. The van der Waals surface area contributed by atoms with Crippen LogP contribution in [0.25, 0.3) is 0 Å². The van der Waals surface area contributed by atoms with Crippen LogP contribution in [0, 0.1) is 0 Å². The van der Waals surface area contributed by atoms with Crippen molar-refractivity contribution in [2.75, 3.05) is 19.7 Å². The van der Waals surface area contributed by atoms with Crippen LogP contribution in [-0.2, 0) is 10.0 Å². The maximum Gasteiger partial charge on any atom is 0.269 e. The van der Waals surface area contributed by atoms with Crippen molar-refractivity contribution < 1.29 is 17.9 Å². The number of amides is 1. The average Bonchev–Trinajstić information content (AvgIpc) is 2.90. The van der Waals surface area contributed by atoms with Crippen LogP contribution in [0.5, 0.6) is 5.75 Å². The minimum Gasteiger partial charge on any atom is -0.488 e. The van der Waals surface area contributed by atoms with Gasteiger partial charge in [-0.1, -0.05) is 0 Å². The van der Waals surface area contributed by atoms with Gasteiger partial charge in [0.1, 0.15) is 17.2 Å². The van der Waals surface area contributed by atoms with E-state index < -0.39 is 21.5 Å². The van der Waals surface area contributed by atoms with Gasteiger partial charge in [0.25, 0.3) is 5.91 Å². The van der Waals surface area contributed by atoms with Gasteiger partial charge in [0, 0.05) is 12.7 Å². The molecule has 9 heteroatoms. The number of carbonyl (C=O) groups is 1. The molecule has 1 fully saturated rings. The Balaban J connectivity index is 2.08. The molecule has 0 bridgehead atoms. The predicted octanol–water partition coefficient (Wildman–Crippen LogP) is -1.48. The summed E-state index contributed by atoms with van der Waals surface area (Å²) in [6.07, 6.45) is 1.85. The van der Waals surface area contributed by atoms with E-state index in [0.717, 1.165) is 0 Å². The van der Waals surface area contributed by atoms with Crippen molar-refractivity contribution in [3.63, 3.8) is 0 Å². The number of carbonyl (C=O) groups excluding carboxylic acids is 1. The molecule has 1 aromatic heterocycles. The molecule has 104 valence electrons. The molecule has 1 unspecified atom stereocenters. The normalized spacial score (nSPS) is 28.6. The Morgan fingerprint density at radius 2 is 2.26 bits per heavy atom. The van der Waals surface area contributed by atoms with Crippen molar-refractivity contribution in [2.24, 2.45) is 5.73 Å². The second kappa shape index (κ2) is 3.95. The zero-order chi connectivity index (χ0) is 13.7. The maximum absolute atomic E-state index is 12.3. The lowest BCUT2D eigenvalue weighted by Gasteiger charge is -2.25. The lowest BCUT2D eigenvalue weighted by atomic mass is 10.0. The highest BCUT2D eigenvalue weighted by molar-refractivity contribution is 7.89. The van der Waals surface area contributed by atoms with Crippen LogP contribution in [0.4, 0.5) is 0 Å². The van der Waals surface area contributed by atoms with Gasteiger partial charge in [-0.05, 0) is 13.0 Å². The van der Waals surface area contributed by atoms with E-state index in [2.05, 4.69) is 15.0 Å². The van der Waals surface area contributed by atoms with Gasteiger partial charge in [0.15, 0.2) is 5.75 Å². The largest absolute Gasteiger partial charge is 0.488 e. The molecule has 2 aliphatic heterocycles. The molecular weight excluding hydrogens is 272 g/mol. The van der Waals surface area contributed by atoms with Crippen molar-refractivity contribution in [1.82, 2.24) is 15.0 Å². The van der Waals surface area contributed by atoms with Crippen LogP contribution >= 0.6 is 0 Å². The Morgan fingerprint density at radius 1 is 1.47 bits per heavy atom. The maximum atomic E-state index is 12.3. The highest BCUT2D eigenvalue weighted by atomic mass is 32.2. The number of rotatable bonds is 1. The van der Waals surface area contributed by atoms with Crippen LogP contribution < -0.4 is 20.5 Å². The fourth-order valence-corrected chi connectivity index (χ4v) is 3.98. The molecule has 1 aromatic rings. The second-order valence-electron chi connectivity index (χ2n) is 4.82. The van der Waals surface area contributed by atoms with E-state index in [0.29, 0.717) is 19.5 Å². The van der Waals surface area contributed by atoms with Gasteiger partial charge < -0.3 is 20.8 Å². The van der Waals surface area contributed by atoms with Crippen molar-refractivity contribution in [3.8, 4) is 5.75 Å². The number of primary amides is 1. The van der Waals surface area contributed by atoms with Crippen molar-refractivity contribution in [2.45, 2.75) is 16.9 Å². The Labute approximate surface area is 109 Å². The summed E-state index contributed by atoms with van der Waals surface area (Å²) in [6, 6.07) is 0. The standard InChI is InChI=1S/C10H14N4O4S/c11-9(15)7-8-6(3-13-7)19(16,17)14-10(5-18-8)1-2-12-4-10/h3,12-14H,1-2,4-5H2,(H2,11,15). The third kappa shape index (κ3) is 1.90. The highest BCUT2D eigenvalue weighted by Gasteiger charge is 2.43. The molecule has 3 rings (SSSR count). The molecule has 1 saturated heterocycles. The molecule has 0 aliphatic carbocycles. The number of sulfonamides is 1. The molecule has 3 heterocycles. The van der Waals surface area contributed by atoms with E-state index in [-0.39, 0.29) is 22.9 Å². The summed E-state index contributed by atoms with van der Waals surface area (Å²) >= 11 is 0. The summed E-state index contributed by atoms with van der Waals surface area (Å²) in [4.78, 5) is 13.7. The minimum absolute atomic E-state index is 0.00350. The van der Waals surface area contributed by atoms with E-state index in [4.69, 9.17) is 10.5 Å². The van der Waals surface area contributed by atoms with Crippen LogP contribution in [-0.4, -0.2) is 44.5 Å². The summed E-state index contributed by atoms with van der Waals surface area (Å²) in [7, 11) is -3.74. The fraction of sp³-hybridized carbons (Fsp3) is 0.500. The Morgan fingerprint density at radius 3 is 2.89 bits per heavy atom. The number of hydrogen-bond donors (Lipinski definition) is 4. The monoisotopic (exact) mass is 286 g/mol. The van der Waals surface area contributed by atoms with Crippen LogP contribution in [0.2, 0.25) is 0 Å². The van der Waals surface area contributed by atoms with Gasteiger partial charge in [-0.2, -0.15) is 0 Å². The molecule has 19 heavy (non-hydrogen) atoms. The number of aromatic nitrogens is 1. The first-order valence-electron chi connectivity index (χ1n) is 5.82. The molecule has 0 radical (unpaired) electrons. The molecule has 1 atom stereocenters. The number of nitrogens with two attached hydrogens (primary N) is 1. The van der Waals surface area contributed by atoms with Crippen molar-refractivity contribution in [1.29, 1.82) is 0 Å². The van der Waals surface area contributed by atoms with Gasteiger partial charge in [-0.15, -0.1) is 0 Å². The van der Waals surface area contributed by atoms with E-state index in [1.165, 1.54) is 6.20 Å². The molecule has 1 amide bonds. The van der Waals surface area contributed by atoms with E-state index in [9.17, 15) is 13.2 Å². The Hall–Kier alpha value is -1.58. The van der Waals surface area contributed by atoms with Crippen LogP contribution in [0.15, 0.2) is 11.1 Å². The van der Waals surface area contributed by atoms with Crippen LogP contribution in [0.3, 0.4) is 0 Å². The lowest BCUT2D eigenvalue weighted by molar-refractivity contribution is 0.0990. The highest BCUT2D eigenvalue weighted by Crippen LogP contribution is 2.33. The smallest absolute Gasteiger partial charge is 0.269 e. The minimum atomic E-state index is -3.74. The number of hydrogen-bond acceptors (Lipinski definition) is 5. The van der Waals surface area contributed by atoms with Gasteiger partial charge >= 0.3 is 0 Å². The molecular formula is C10H14N4O4S. The lowest BCUT2D eigenvalue weighted by Crippen LogP contribution is -2.52.